The normalized spacial score (nSPS) is 15.5. The Morgan fingerprint density at radius 1 is 1.20 bits per heavy atom. The molecule has 30 heavy (non-hydrogen) atoms. The number of ether oxygens (including phenoxy) is 1. The molecule has 0 spiro atoms. The average Bonchev–Trinajstić information content (AvgIpc) is 3.32. The van der Waals surface area contributed by atoms with Gasteiger partial charge in [-0.2, -0.15) is 0 Å². The lowest BCUT2D eigenvalue weighted by Crippen LogP contribution is -2.17. The summed E-state index contributed by atoms with van der Waals surface area (Å²) in [6.07, 6.45) is 3.80. The lowest BCUT2D eigenvalue weighted by atomic mass is 9.88. The summed E-state index contributed by atoms with van der Waals surface area (Å²) < 4.78 is 5.23. The standard InChI is InChI=1S/C24H25NO3S2/c1-3-28-24(27)19-13-17(12-16-7-5-4-6-8-16)30-23(19)25-22(26)20-14-29-21-11-15(2)9-10-18(20)21/h4-8,13-15H,3,9-12H2,1-2H3,(H,25,26)/t15-/m1/s1. The number of thiophene rings is 2. The number of hydrogen-bond donors (Lipinski definition) is 1. The molecule has 4 rings (SSSR count). The second-order valence-electron chi connectivity index (χ2n) is 7.69. The van der Waals surface area contributed by atoms with Gasteiger partial charge in [-0.05, 0) is 49.3 Å². The van der Waals surface area contributed by atoms with Gasteiger partial charge in [0.25, 0.3) is 5.91 Å². The lowest BCUT2D eigenvalue weighted by molar-refractivity contribution is 0.0528. The minimum atomic E-state index is -0.399. The Bertz CT molecular complexity index is 1050. The van der Waals surface area contributed by atoms with Gasteiger partial charge in [0.2, 0.25) is 0 Å². The summed E-state index contributed by atoms with van der Waals surface area (Å²) >= 11 is 3.11. The third-order valence-corrected chi connectivity index (χ3v) is 7.47. The molecule has 0 saturated carbocycles. The predicted molar refractivity (Wildman–Crippen MR) is 123 cm³/mol. The fourth-order valence-electron chi connectivity index (χ4n) is 3.82. The first-order chi connectivity index (χ1) is 14.5. The number of anilines is 1. The molecule has 1 N–H and O–H groups in total. The van der Waals surface area contributed by atoms with Crippen LogP contribution in [0.15, 0.2) is 41.8 Å². The maximum absolute atomic E-state index is 13.1. The van der Waals surface area contributed by atoms with E-state index in [0.29, 0.717) is 29.5 Å². The summed E-state index contributed by atoms with van der Waals surface area (Å²) in [7, 11) is 0. The predicted octanol–water partition coefficient (Wildman–Crippen LogP) is 5.95. The first-order valence-corrected chi connectivity index (χ1v) is 12.0. The van der Waals surface area contributed by atoms with Crippen LogP contribution >= 0.6 is 22.7 Å². The molecule has 0 unspecified atom stereocenters. The number of rotatable bonds is 6. The maximum Gasteiger partial charge on any atom is 0.341 e. The van der Waals surface area contributed by atoms with Crippen LogP contribution in [0.25, 0.3) is 0 Å². The summed E-state index contributed by atoms with van der Waals surface area (Å²) in [4.78, 5) is 27.9. The number of nitrogens with one attached hydrogen (secondary N) is 1. The molecule has 1 aliphatic rings. The first-order valence-electron chi connectivity index (χ1n) is 10.3. The van der Waals surface area contributed by atoms with E-state index in [4.69, 9.17) is 4.74 Å². The summed E-state index contributed by atoms with van der Waals surface area (Å²) in [5, 5.41) is 5.53. The number of esters is 1. The Hall–Kier alpha value is -2.44. The van der Waals surface area contributed by atoms with E-state index >= 15 is 0 Å². The second kappa shape index (κ2) is 9.14. The molecule has 156 valence electrons. The van der Waals surface area contributed by atoms with Crippen LogP contribution in [0.4, 0.5) is 5.00 Å². The van der Waals surface area contributed by atoms with Gasteiger partial charge in [-0.25, -0.2) is 4.79 Å². The molecular weight excluding hydrogens is 414 g/mol. The zero-order valence-corrected chi connectivity index (χ0v) is 18.8. The number of amides is 1. The van der Waals surface area contributed by atoms with Crippen LogP contribution in [-0.4, -0.2) is 18.5 Å². The van der Waals surface area contributed by atoms with Gasteiger partial charge >= 0.3 is 5.97 Å². The van der Waals surface area contributed by atoms with Gasteiger partial charge in [0.1, 0.15) is 5.00 Å². The number of carbonyl (C=O) groups is 2. The molecule has 0 fully saturated rings. The van der Waals surface area contributed by atoms with Gasteiger partial charge in [-0.3, -0.25) is 4.79 Å². The number of carbonyl (C=O) groups excluding carboxylic acids is 2. The Morgan fingerprint density at radius 3 is 2.77 bits per heavy atom. The minimum absolute atomic E-state index is 0.138. The smallest absolute Gasteiger partial charge is 0.341 e. The van der Waals surface area contributed by atoms with E-state index in [2.05, 4.69) is 24.4 Å². The number of fused-ring (bicyclic) bond motifs is 1. The van der Waals surface area contributed by atoms with Crippen molar-refractivity contribution in [2.45, 2.75) is 39.5 Å². The van der Waals surface area contributed by atoms with Crippen molar-refractivity contribution < 1.29 is 14.3 Å². The summed E-state index contributed by atoms with van der Waals surface area (Å²) in [5.74, 6) is 0.130. The third-order valence-electron chi connectivity index (χ3n) is 5.37. The molecule has 3 aromatic rings. The van der Waals surface area contributed by atoms with Gasteiger partial charge in [-0.1, -0.05) is 37.3 Å². The molecule has 4 nitrogen and oxygen atoms in total. The fraction of sp³-hybridized carbons (Fsp3) is 0.333. The zero-order valence-electron chi connectivity index (χ0n) is 17.2. The molecule has 0 bridgehead atoms. The molecule has 1 aliphatic carbocycles. The van der Waals surface area contributed by atoms with Crippen LogP contribution in [0.5, 0.6) is 0 Å². The van der Waals surface area contributed by atoms with Crippen molar-refractivity contribution in [3.8, 4) is 0 Å². The number of hydrogen-bond acceptors (Lipinski definition) is 5. The summed E-state index contributed by atoms with van der Waals surface area (Å²) in [6, 6.07) is 11.9. The molecule has 1 atom stereocenters. The van der Waals surface area contributed by atoms with Gasteiger partial charge < -0.3 is 10.1 Å². The molecule has 0 aliphatic heterocycles. The van der Waals surface area contributed by atoms with Gasteiger partial charge in [0, 0.05) is 21.6 Å². The van der Waals surface area contributed by atoms with Gasteiger partial charge in [0.15, 0.2) is 0 Å². The zero-order chi connectivity index (χ0) is 21.1. The Morgan fingerprint density at radius 2 is 2.00 bits per heavy atom. The van der Waals surface area contributed by atoms with Crippen LogP contribution in [0.3, 0.4) is 0 Å². The van der Waals surface area contributed by atoms with Crippen molar-refractivity contribution in [1.82, 2.24) is 0 Å². The van der Waals surface area contributed by atoms with E-state index in [1.165, 1.54) is 21.8 Å². The highest BCUT2D eigenvalue weighted by molar-refractivity contribution is 7.16. The molecule has 2 aromatic heterocycles. The van der Waals surface area contributed by atoms with E-state index < -0.39 is 5.97 Å². The SMILES string of the molecule is CCOC(=O)c1cc(Cc2ccccc2)sc1NC(=O)c1csc2c1CC[C@@H](C)C2. The van der Waals surface area contributed by atoms with Crippen LogP contribution in [-0.2, 0) is 24.0 Å². The maximum atomic E-state index is 13.1. The van der Waals surface area contributed by atoms with Crippen molar-refractivity contribution in [2.75, 3.05) is 11.9 Å². The second-order valence-corrected chi connectivity index (χ2v) is 9.79. The third kappa shape index (κ3) is 4.50. The van der Waals surface area contributed by atoms with E-state index in [9.17, 15) is 9.59 Å². The molecule has 0 saturated heterocycles. The molecular formula is C24H25NO3S2. The number of benzene rings is 1. The van der Waals surface area contributed by atoms with Crippen molar-refractivity contribution in [1.29, 1.82) is 0 Å². The highest BCUT2D eigenvalue weighted by Crippen LogP contribution is 2.35. The van der Waals surface area contributed by atoms with Crippen LogP contribution < -0.4 is 5.32 Å². The van der Waals surface area contributed by atoms with Crippen LogP contribution in [0, 0.1) is 5.92 Å². The van der Waals surface area contributed by atoms with Gasteiger partial charge in [0.05, 0.1) is 17.7 Å². The summed E-state index contributed by atoms with van der Waals surface area (Å²) in [6.45, 7) is 4.34. The van der Waals surface area contributed by atoms with Crippen molar-refractivity contribution in [3.63, 3.8) is 0 Å². The molecule has 1 amide bonds. The highest BCUT2D eigenvalue weighted by atomic mass is 32.1. The Balaban J connectivity index is 1.59. The van der Waals surface area contributed by atoms with E-state index in [-0.39, 0.29) is 5.91 Å². The van der Waals surface area contributed by atoms with Crippen molar-refractivity contribution >= 4 is 39.6 Å². The fourth-order valence-corrected chi connectivity index (χ4v) is 6.14. The van der Waals surface area contributed by atoms with Crippen molar-refractivity contribution in [2.24, 2.45) is 5.92 Å². The Labute approximate surface area is 184 Å². The van der Waals surface area contributed by atoms with Crippen LogP contribution in [0.2, 0.25) is 0 Å². The van der Waals surface area contributed by atoms with Crippen LogP contribution in [0.1, 0.15) is 61.9 Å². The van der Waals surface area contributed by atoms with Gasteiger partial charge in [-0.15, -0.1) is 22.7 Å². The molecule has 6 heteroatoms. The molecule has 1 aromatic carbocycles. The molecule has 0 radical (unpaired) electrons. The highest BCUT2D eigenvalue weighted by Gasteiger charge is 2.25. The average molecular weight is 440 g/mol. The van der Waals surface area contributed by atoms with E-state index in [1.807, 2.05) is 29.6 Å². The first kappa shape index (κ1) is 20.8. The summed E-state index contributed by atoms with van der Waals surface area (Å²) in [5.41, 5.74) is 3.51. The Kier molecular flexibility index (Phi) is 6.35. The largest absolute Gasteiger partial charge is 0.462 e. The monoisotopic (exact) mass is 439 g/mol. The topological polar surface area (TPSA) is 55.4 Å². The molecule has 2 heterocycles. The van der Waals surface area contributed by atoms with E-state index in [1.54, 1.807) is 18.3 Å². The van der Waals surface area contributed by atoms with E-state index in [0.717, 1.165) is 35.3 Å². The van der Waals surface area contributed by atoms with Crippen molar-refractivity contribution in [3.05, 3.63) is 73.8 Å². The lowest BCUT2D eigenvalue weighted by Gasteiger charge is -2.18. The quantitative estimate of drug-likeness (QED) is 0.483. The minimum Gasteiger partial charge on any atom is -0.462 e.